The van der Waals surface area contributed by atoms with Crippen molar-refractivity contribution in [2.24, 2.45) is 0 Å². The zero-order valence-electron chi connectivity index (χ0n) is 20.3. The number of para-hydroxylation sites is 1. The van der Waals surface area contributed by atoms with Crippen LogP contribution in [-0.4, -0.2) is 24.5 Å². The highest BCUT2D eigenvalue weighted by Crippen LogP contribution is 2.53. The fraction of sp³-hybridized carbons (Fsp3) is 0.0938. The van der Waals surface area contributed by atoms with Crippen molar-refractivity contribution >= 4 is 34.5 Å². The second-order valence-electron chi connectivity index (χ2n) is 9.85. The number of carbonyl (C=O) groups excluding carboxylic acids is 3. The predicted molar refractivity (Wildman–Crippen MR) is 143 cm³/mol. The number of ketones is 2. The first-order valence-corrected chi connectivity index (χ1v) is 12.2. The van der Waals surface area contributed by atoms with Gasteiger partial charge >= 0.3 is 0 Å². The van der Waals surface area contributed by atoms with Crippen LogP contribution in [0.4, 0.5) is 11.4 Å². The van der Waals surface area contributed by atoms with Crippen molar-refractivity contribution in [3.8, 4) is 0 Å². The Morgan fingerprint density at radius 1 is 0.703 bits per heavy atom. The highest BCUT2D eigenvalue weighted by atomic mass is 16.2. The minimum absolute atomic E-state index is 0.101. The van der Waals surface area contributed by atoms with Gasteiger partial charge in [0.2, 0.25) is 5.91 Å². The van der Waals surface area contributed by atoms with E-state index in [4.69, 9.17) is 0 Å². The maximum atomic E-state index is 14.1. The quantitative estimate of drug-likeness (QED) is 0.343. The number of anilines is 2. The minimum atomic E-state index is -1.14. The van der Waals surface area contributed by atoms with Gasteiger partial charge in [-0.1, -0.05) is 78.4 Å². The summed E-state index contributed by atoms with van der Waals surface area (Å²) in [5.74, 6) is -0.511. The monoisotopic (exact) mass is 482 g/mol. The van der Waals surface area contributed by atoms with Crippen LogP contribution in [0.15, 0.2) is 91.0 Å². The van der Waals surface area contributed by atoms with Gasteiger partial charge in [-0.3, -0.25) is 14.4 Å². The van der Waals surface area contributed by atoms with Crippen LogP contribution < -0.4 is 10.2 Å². The SMILES string of the molecule is Cc1ccc(C2=C[C@@]3(C(=O)N(C)c4ccccc43)c3ccc4c(c3N2)C(=O)c2ccccc2C4=O)cc1. The number of hydrogen-bond acceptors (Lipinski definition) is 4. The molecule has 1 aliphatic carbocycles. The fourth-order valence-electron chi connectivity index (χ4n) is 5.99. The molecule has 0 saturated heterocycles. The van der Waals surface area contributed by atoms with E-state index in [0.29, 0.717) is 33.5 Å². The summed E-state index contributed by atoms with van der Waals surface area (Å²) in [7, 11) is 1.78. The summed E-state index contributed by atoms with van der Waals surface area (Å²) in [5, 5.41) is 3.48. The van der Waals surface area contributed by atoms with Crippen LogP contribution in [0.5, 0.6) is 0 Å². The summed E-state index contributed by atoms with van der Waals surface area (Å²) in [6.45, 7) is 2.02. The van der Waals surface area contributed by atoms with Crippen LogP contribution in [0.3, 0.4) is 0 Å². The number of likely N-dealkylation sites (N-methyl/N-ethyl adjacent to an activating group) is 1. The normalized spacial score (nSPS) is 19.1. The Balaban J connectivity index is 1.56. The van der Waals surface area contributed by atoms with Crippen LogP contribution in [0.1, 0.15) is 54.1 Å². The second-order valence-corrected chi connectivity index (χ2v) is 9.85. The van der Waals surface area contributed by atoms with Crippen LogP contribution in [0.25, 0.3) is 5.70 Å². The molecule has 2 heterocycles. The summed E-state index contributed by atoms with van der Waals surface area (Å²) in [4.78, 5) is 43.2. The van der Waals surface area contributed by atoms with E-state index in [1.54, 1.807) is 42.3 Å². The lowest BCUT2D eigenvalue weighted by atomic mass is 9.69. The van der Waals surface area contributed by atoms with E-state index in [0.717, 1.165) is 28.1 Å². The molecule has 1 amide bonds. The van der Waals surface area contributed by atoms with E-state index >= 15 is 0 Å². The molecule has 5 nitrogen and oxygen atoms in total. The Hall–Kier alpha value is -4.77. The molecule has 0 saturated carbocycles. The first-order valence-electron chi connectivity index (χ1n) is 12.2. The molecule has 0 unspecified atom stereocenters. The first kappa shape index (κ1) is 21.5. The lowest BCUT2D eigenvalue weighted by Crippen LogP contribution is -2.41. The van der Waals surface area contributed by atoms with Gasteiger partial charge in [0.15, 0.2) is 11.6 Å². The third kappa shape index (κ3) is 2.71. The Kier molecular flexibility index (Phi) is 4.28. The highest BCUT2D eigenvalue weighted by molar-refractivity contribution is 6.31. The van der Waals surface area contributed by atoms with E-state index < -0.39 is 5.41 Å². The molecular formula is C32H22N2O3. The maximum Gasteiger partial charge on any atom is 0.246 e. The van der Waals surface area contributed by atoms with Gasteiger partial charge in [0.05, 0.1) is 11.3 Å². The van der Waals surface area contributed by atoms with Crippen LogP contribution in [0.2, 0.25) is 0 Å². The topological polar surface area (TPSA) is 66.5 Å². The van der Waals surface area contributed by atoms with Gasteiger partial charge < -0.3 is 10.2 Å². The standard InChI is InChI=1S/C32H22N2O3/c1-18-11-13-19(14-12-18)25-17-32(23-9-5-6-10-26(23)34(2)31(32)37)24-16-15-22-27(28(24)33-25)30(36)21-8-4-3-7-20(21)29(22)35/h3-17,33H,1-2H3/t32-/m0/s1. The molecule has 0 aromatic heterocycles. The Labute approximate surface area is 214 Å². The number of benzene rings is 4. The molecule has 3 aliphatic rings. The van der Waals surface area contributed by atoms with Crippen LogP contribution >= 0.6 is 0 Å². The molecule has 37 heavy (non-hydrogen) atoms. The highest BCUT2D eigenvalue weighted by Gasteiger charge is 2.53. The summed E-state index contributed by atoms with van der Waals surface area (Å²) in [5.41, 5.74) is 5.91. The molecule has 4 aromatic carbocycles. The van der Waals surface area contributed by atoms with E-state index in [1.807, 2.05) is 67.6 Å². The van der Waals surface area contributed by atoms with E-state index in [-0.39, 0.29) is 17.5 Å². The predicted octanol–water partition coefficient (Wildman–Crippen LogP) is 5.50. The van der Waals surface area contributed by atoms with E-state index in [2.05, 4.69) is 5.32 Å². The molecule has 7 rings (SSSR count). The average Bonchev–Trinajstić information content (AvgIpc) is 3.14. The van der Waals surface area contributed by atoms with E-state index in [9.17, 15) is 14.4 Å². The lowest BCUT2D eigenvalue weighted by molar-refractivity contribution is -0.120. The number of rotatable bonds is 1. The minimum Gasteiger partial charge on any atom is -0.354 e. The number of nitrogens with zero attached hydrogens (tertiary/aromatic N) is 1. The zero-order valence-corrected chi connectivity index (χ0v) is 20.3. The van der Waals surface area contributed by atoms with Gasteiger partial charge in [0, 0.05) is 40.7 Å². The number of carbonyl (C=O) groups is 3. The fourth-order valence-corrected chi connectivity index (χ4v) is 5.99. The molecule has 1 N–H and O–H groups in total. The van der Waals surface area contributed by atoms with Crippen molar-refractivity contribution in [1.29, 1.82) is 0 Å². The van der Waals surface area contributed by atoms with Gasteiger partial charge in [-0.05, 0) is 36.3 Å². The van der Waals surface area contributed by atoms with Crippen molar-refractivity contribution in [3.63, 3.8) is 0 Å². The van der Waals surface area contributed by atoms with Crippen LogP contribution in [-0.2, 0) is 10.2 Å². The maximum absolute atomic E-state index is 14.1. The molecule has 0 radical (unpaired) electrons. The second kappa shape index (κ2) is 7.37. The number of fused-ring (bicyclic) bond motifs is 7. The average molecular weight is 483 g/mol. The van der Waals surface area contributed by atoms with Crippen molar-refractivity contribution in [2.45, 2.75) is 12.3 Å². The molecule has 1 spiro atoms. The van der Waals surface area contributed by atoms with Gasteiger partial charge in [-0.15, -0.1) is 0 Å². The van der Waals surface area contributed by atoms with Gasteiger partial charge in [-0.2, -0.15) is 0 Å². The van der Waals surface area contributed by atoms with Crippen molar-refractivity contribution < 1.29 is 14.4 Å². The molecule has 0 bridgehead atoms. The molecule has 4 aromatic rings. The number of nitrogens with one attached hydrogen (secondary N) is 1. The van der Waals surface area contributed by atoms with Crippen molar-refractivity contribution in [1.82, 2.24) is 0 Å². The van der Waals surface area contributed by atoms with Gasteiger partial charge in [0.25, 0.3) is 0 Å². The van der Waals surface area contributed by atoms with Crippen LogP contribution in [0, 0.1) is 6.92 Å². The number of hydrogen-bond donors (Lipinski definition) is 1. The summed E-state index contributed by atoms with van der Waals surface area (Å²) in [6, 6.07) is 26.2. The Bertz CT molecular complexity index is 1730. The zero-order chi connectivity index (χ0) is 25.5. The summed E-state index contributed by atoms with van der Waals surface area (Å²) < 4.78 is 0. The lowest BCUT2D eigenvalue weighted by Gasteiger charge is -2.36. The van der Waals surface area contributed by atoms with Gasteiger partial charge in [-0.25, -0.2) is 0 Å². The molecule has 0 fully saturated rings. The largest absolute Gasteiger partial charge is 0.354 e. The Morgan fingerprint density at radius 3 is 2.14 bits per heavy atom. The third-order valence-electron chi connectivity index (χ3n) is 7.83. The summed E-state index contributed by atoms with van der Waals surface area (Å²) >= 11 is 0. The smallest absolute Gasteiger partial charge is 0.246 e. The molecule has 178 valence electrons. The van der Waals surface area contributed by atoms with Crippen molar-refractivity contribution in [3.05, 3.63) is 136 Å². The summed E-state index contributed by atoms with van der Waals surface area (Å²) in [6.07, 6.45) is 1.97. The van der Waals surface area contributed by atoms with Crippen molar-refractivity contribution in [2.75, 3.05) is 17.3 Å². The van der Waals surface area contributed by atoms with Gasteiger partial charge in [0.1, 0.15) is 5.41 Å². The van der Waals surface area contributed by atoms with E-state index in [1.165, 1.54) is 0 Å². The molecule has 5 heteroatoms. The molecule has 1 atom stereocenters. The third-order valence-corrected chi connectivity index (χ3v) is 7.83. The first-order chi connectivity index (χ1) is 17.9. The Morgan fingerprint density at radius 2 is 1.38 bits per heavy atom. The molecule has 2 aliphatic heterocycles. The number of amides is 1. The number of aryl methyl sites for hydroxylation is 1. The molecular weight excluding hydrogens is 460 g/mol.